The molecule has 0 radical (unpaired) electrons. The van der Waals surface area contributed by atoms with Gasteiger partial charge in [-0.15, -0.1) is 0 Å². The highest BCUT2D eigenvalue weighted by molar-refractivity contribution is 5.39. The van der Waals surface area contributed by atoms with Crippen molar-refractivity contribution in [3.8, 4) is 11.5 Å². The first kappa shape index (κ1) is 13.2. The first-order valence-corrected chi connectivity index (χ1v) is 6.55. The molecular formula is C14H21NO3. The SMILES string of the molecule is CCOc1ccccc1OCCNC1CC(O)C1. The van der Waals surface area contributed by atoms with Crippen LogP contribution in [0.15, 0.2) is 24.3 Å². The minimum absolute atomic E-state index is 0.109. The smallest absolute Gasteiger partial charge is 0.161 e. The van der Waals surface area contributed by atoms with Gasteiger partial charge in [0, 0.05) is 12.6 Å². The second-order valence-corrected chi connectivity index (χ2v) is 4.50. The maximum absolute atomic E-state index is 9.16. The molecule has 4 nitrogen and oxygen atoms in total. The first-order valence-electron chi connectivity index (χ1n) is 6.55. The number of rotatable bonds is 7. The first-order chi connectivity index (χ1) is 8.79. The minimum atomic E-state index is -0.109. The van der Waals surface area contributed by atoms with Crippen LogP contribution in [0.4, 0.5) is 0 Å². The molecule has 2 N–H and O–H groups in total. The number of hydrogen-bond donors (Lipinski definition) is 2. The number of nitrogens with one attached hydrogen (secondary N) is 1. The third-order valence-electron chi connectivity index (χ3n) is 3.05. The summed E-state index contributed by atoms with van der Waals surface area (Å²) in [6.07, 6.45) is 1.60. The maximum Gasteiger partial charge on any atom is 0.161 e. The summed E-state index contributed by atoms with van der Waals surface area (Å²) in [4.78, 5) is 0. The van der Waals surface area contributed by atoms with E-state index in [0.717, 1.165) is 30.9 Å². The minimum Gasteiger partial charge on any atom is -0.490 e. The van der Waals surface area contributed by atoms with Crippen molar-refractivity contribution in [2.24, 2.45) is 0 Å². The van der Waals surface area contributed by atoms with Crippen LogP contribution < -0.4 is 14.8 Å². The Kier molecular flexibility index (Phi) is 4.84. The number of ether oxygens (including phenoxy) is 2. The third-order valence-corrected chi connectivity index (χ3v) is 3.05. The van der Waals surface area contributed by atoms with E-state index >= 15 is 0 Å². The molecule has 4 heteroatoms. The lowest BCUT2D eigenvalue weighted by atomic mass is 9.90. The van der Waals surface area contributed by atoms with Gasteiger partial charge in [0.25, 0.3) is 0 Å². The number of benzene rings is 1. The Labute approximate surface area is 108 Å². The average molecular weight is 251 g/mol. The van der Waals surface area contributed by atoms with E-state index in [0.29, 0.717) is 19.3 Å². The fraction of sp³-hybridized carbons (Fsp3) is 0.571. The van der Waals surface area contributed by atoms with Crippen molar-refractivity contribution in [3.63, 3.8) is 0 Å². The highest BCUT2D eigenvalue weighted by atomic mass is 16.5. The van der Waals surface area contributed by atoms with E-state index < -0.39 is 0 Å². The lowest BCUT2D eigenvalue weighted by Crippen LogP contribution is -2.45. The van der Waals surface area contributed by atoms with Gasteiger partial charge in [-0.1, -0.05) is 12.1 Å². The fourth-order valence-corrected chi connectivity index (χ4v) is 2.02. The molecule has 1 aliphatic rings. The van der Waals surface area contributed by atoms with Crippen LogP contribution in [0.1, 0.15) is 19.8 Å². The van der Waals surface area contributed by atoms with Crippen molar-refractivity contribution in [3.05, 3.63) is 24.3 Å². The van der Waals surface area contributed by atoms with Gasteiger partial charge in [-0.3, -0.25) is 0 Å². The van der Waals surface area contributed by atoms with E-state index in [1.54, 1.807) is 0 Å². The molecule has 1 fully saturated rings. The zero-order chi connectivity index (χ0) is 12.8. The quantitative estimate of drug-likeness (QED) is 0.722. The van der Waals surface area contributed by atoms with E-state index in [9.17, 15) is 0 Å². The maximum atomic E-state index is 9.16. The second kappa shape index (κ2) is 6.61. The van der Waals surface area contributed by atoms with Crippen LogP contribution in [0.2, 0.25) is 0 Å². The second-order valence-electron chi connectivity index (χ2n) is 4.50. The molecule has 1 aromatic rings. The molecule has 1 aromatic carbocycles. The van der Waals surface area contributed by atoms with Crippen molar-refractivity contribution < 1.29 is 14.6 Å². The van der Waals surface area contributed by atoms with Gasteiger partial charge >= 0.3 is 0 Å². The molecule has 18 heavy (non-hydrogen) atoms. The molecule has 0 atom stereocenters. The van der Waals surface area contributed by atoms with Crippen LogP contribution in [-0.2, 0) is 0 Å². The standard InChI is InChI=1S/C14H21NO3/c1-2-17-13-5-3-4-6-14(13)18-8-7-15-11-9-12(16)10-11/h3-6,11-12,15-16H,2,7-10H2,1H3. The summed E-state index contributed by atoms with van der Waals surface area (Å²) in [5.74, 6) is 1.58. The summed E-state index contributed by atoms with van der Waals surface area (Å²) < 4.78 is 11.2. The van der Waals surface area contributed by atoms with Crippen LogP contribution >= 0.6 is 0 Å². The Morgan fingerprint density at radius 3 is 2.50 bits per heavy atom. The summed E-state index contributed by atoms with van der Waals surface area (Å²) >= 11 is 0. The Morgan fingerprint density at radius 2 is 1.89 bits per heavy atom. The average Bonchev–Trinajstić information content (AvgIpc) is 2.34. The topological polar surface area (TPSA) is 50.7 Å². The molecule has 1 saturated carbocycles. The summed E-state index contributed by atoms with van der Waals surface area (Å²) in [6, 6.07) is 8.15. The van der Waals surface area contributed by atoms with Gasteiger partial charge in [-0.25, -0.2) is 0 Å². The normalized spacial score (nSPS) is 22.3. The molecule has 1 aliphatic carbocycles. The number of aliphatic hydroxyl groups is 1. The van der Waals surface area contributed by atoms with Crippen molar-refractivity contribution in [2.45, 2.75) is 31.9 Å². The Hall–Kier alpha value is -1.26. The van der Waals surface area contributed by atoms with Crippen molar-refractivity contribution in [1.29, 1.82) is 0 Å². The van der Waals surface area contributed by atoms with E-state index in [4.69, 9.17) is 14.6 Å². The van der Waals surface area contributed by atoms with Crippen LogP contribution in [0.5, 0.6) is 11.5 Å². The van der Waals surface area contributed by atoms with Crippen LogP contribution in [-0.4, -0.2) is 37.0 Å². The van der Waals surface area contributed by atoms with Crippen LogP contribution in [0.3, 0.4) is 0 Å². The van der Waals surface area contributed by atoms with Gasteiger partial charge in [0.15, 0.2) is 11.5 Å². The zero-order valence-electron chi connectivity index (χ0n) is 10.8. The van der Waals surface area contributed by atoms with Gasteiger partial charge in [-0.2, -0.15) is 0 Å². The molecule has 0 aromatic heterocycles. The molecule has 2 rings (SSSR count). The fourth-order valence-electron chi connectivity index (χ4n) is 2.02. The van der Waals surface area contributed by atoms with E-state index in [1.165, 1.54) is 0 Å². The van der Waals surface area contributed by atoms with Crippen molar-refractivity contribution in [2.75, 3.05) is 19.8 Å². The van der Waals surface area contributed by atoms with Gasteiger partial charge < -0.3 is 19.9 Å². The van der Waals surface area contributed by atoms with Gasteiger partial charge in [0.2, 0.25) is 0 Å². The largest absolute Gasteiger partial charge is 0.490 e. The summed E-state index contributed by atoms with van der Waals surface area (Å²) in [5.41, 5.74) is 0. The molecule has 0 unspecified atom stereocenters. The Balaban J connectivity index is 1.69. The molecular weight excluding hydrogens is 230 g/mol. The number of para-hydroxylation sites is 2. The lowest BCUT2D eigenvalue weighted by Gasteiger charge is -2.32. The lowest BCUT2D eigenvalue weighted by molar-refractivity contribution is 0.0611. The molecule has 0 bridgehead atoms. The third kappa shape index (κ3) is 3.62. The zero-order valence-corrected chi connectivity index (χ0v) is 10.8. The van der Waals surface area contributed by atoms with E-state index in [2.05, 4.69) is 5.32 Å². The summed E-state index contributed by atoms with van der Waals surface area (Å²) in [7, 11) is 0. The van der Waals surface area contributed by atoms with Crippen molar-refractivity contribution >= 4 is 0 Å². The Morgan fingerprint density at radius 1 is 1.22 bits per heavy atom. The van der Waals surface area contributed by atoms with Crippen molar-refractivity contribution in [1.82, 2.24) is 5.32 Å². The van der Waals surface area contributed by atoms with Gasteiger partial charge in [0.1, 0.15) is 6.61 Å². The highest BCUT2D eigenvalue weighted by Gasteiger charge is 2.26. The van der Waals surface area contributed by atoms with E-state index in [1.807, 2.05) is 31.2 Å². The molecule has 100 valence electrons. The highest BCUT2D eigenvalue weighted by Crippen LogP contribution is 2.26. The van der Waals surface area contributed by atoms with E-state index in [-0.39, 0.29) is 6.10 Å². The molecule has 0 saturated heterocycles. The summed E-state index contributed by atoms with van der Waals surface area (Å²) in [5, 5.41) is 12.5. The predicted octanol–water partition coefficient (Wildman–Crippen LogP) is 1.58. The molecule has 0 heterocycles. The molecule has 0 spiro atoms. The Bertz CT molecular complexity index is 364. The van der Waals surface area contributed by atoms with Gasteiger partial charge in [-0.05, 0) is 31.9 Å². The molecule has 0 amide bonds. The molecule has 0 aliphatic heterocycles. The monoisotopic (exact) mass is 251 g/mol. The number of hydrogen-bond acceptors (Lipinski definition) is 4. The van der Waals surface area contributed by atoms with Crippen LogP contribution in [0.25, 0.3) is 0 Å². The predicted molar refractivity (Wildman–Crippen MR) is 70.1 cm³/mol. The summed E-state index contributed by atoms with van der Waals surface area (Å²) in [6.45, 7) is 3.99. The number of aliphatic hydroxyl groups excluding tert-OH is 1. The van der Waals surface area contributed by atoms with Gasteiger partial charge in [0.05, 0.1) is 12.7 Å². The van der Waals surface area contributed by atoms with Crippen LogP contribution in [0, 0.1) is 0 Å².